The second-order valence-electron chi connectivity index (χ2n) is 13.2. The minimum Gasteiger partial charge on any atom is -0.309 e. The van der Waals surface area contributed by atoms with Gasteiger partial charge in [0.05, 0.1) is 11.0 Å². The number of aromatic nitrogens is 4. The molecule has 6 aromatic carbocycles. The first-order valence-corrected chi connectivity index (χ1v) is 19.2. The lowest BCUT2D eigenvalue weighted by atomic mass is 9.99. The van der Waals surface area contributed by atoms with E-state index in [1.165, 1.54) is 62.5 Å². The van der Waals surface area contributed by atoms with Crippen LogP contribution in [0.25, 0.3) is 91.9 Å². The van der Waals surface area contributed by atoms with Gasteiger partial charge in [-0.15, -0.1) is 29.3 Å². The van der Waals surface area contributed by atoms with Gasteiger partial charge in [-0.05, 0) is 61.7 Å². The lowest BCUT2D eigenvalue weighted by Crippen LogP contribution is -2.01. The van der Waals surface area contributed by atoms with E-state index in [2.05, 4.69) is 115 Å². The average Bonchev–Trinajstić information content (AvgIpc) is 3.85. The van der Waals surface area contributed by atoms with Crippen molar-refractivity contribution in [1.82, 2.24) is 19.5 Å². The number of aryl methyl sites for hydroxylation is 2. The first-order valence-electron chi connectivity index (χ1n) is 17.5. The van der Waals surface area contributed by atoms with Crippen molar-refractivity contribution < 1.29 is 0 Å². The molecule has 0 atom stereocenters. The molecule has 0 aliphatic carbocycles. The van der Waals surface area contributed by atoms with Crippen LogP contribution in [0.2, 0.25) is 0 Å². The van der Waals surface area contributed by atoms with Gasteiger partial charge in [0.15, 0.2) is 17.5 Å². The van der Waals surface area contributed by atoms with E-state index in [4.69, 9.17) is 15.0 Å². The van der Waals surface area contributed by atoms with Gasteiger partial charge in [0.1, 0.15) is 0 Å². The van der Waals surface area contributed by atoms with E-state index in [1.54, 1.807) is 0 Å². The molecule has 4 nitrogen and oxygen atoms in total. The van der Waals surface area contributed by atoms with Crippen molar-refractivity contribution >= 4 is 74.7 Å². The summed E-state index contributed by atoms with van der Waals surface area (Å²) in [5.74, 6) is 1.98. The molecule has 0 bridgehead atoms. The van der Waals surface area contributed by atoms with Crippen LogP contribution in [-0.2, 0) is 6.42 Å². The Balaban J connectivity index is 1.35. The summed E-state index contributed by atoms with van der Waals surface area (Å²) in [6, 6.07) is 47.2. The summed E-state index contributed by atoms with van der Waals surface area (Å²) in [6.07, 6.45) is 3.95. The summed E-state index contributed by atoms with van der Waals surface area (Å²) in [5, 5.41) is 6.36. The Labute approximate surface area is 309 Å². The van der Waals surface area contributed by atoms with Crippen molar-refractivity contribution in [2.24, 2.45) is 0 Å². The monoisotopic (exact) mass is 704 g/mol. The predicted octanol–water partition coefficient (Wildman–Crippen LogP) is 13.0. The van der Waals surface area contributed by atoms with Crippen LogP contribution in [0.1, 0.15) is 16.9 Å². The van der Waals surface area contributed by atoms with Crippen LogP contribution >= 0.6 is 22.7 Å². The average molecular weight is 705 g/mol. The zero-order valence-electron chi connectivity index (χ0n) is 28.5. The van der Waals surface area contributed by atoms with Gasteiger partial charge in [0.2, 0.25) is 0 Å². The molecule has 0 aliphatic rings. The lowest BCUT2D eigenvalue weighted by Gasteiger charge is -2.13. The molecule has 10 rings (SSSR count). The summed E-state index contributed by atoms with van der Waals surface area (Å²) in [4.78, 5) is 16.9. The molecule has 0 aliphatic heterocycles. The highest BCUT2D eigenvalue weighted by Gasteiger charge is 2.23. The van der Waals surface area contributed by atoms with Crippen LogP contribution in [0.15, 0.2) is 146 Å². The van der Waals surface area contributed by atoms with Gasteiger partial charge < -0.3 is 4.57 Å². The van der Waals surface area contributed by atoms with Crippen LogP contribution in [0.5, 0.6) is 0 Å². The van der Waals surface area contributed by atoms with E-state index < -0.39 is 0 Å². The number of allylic oxidation sites excluding steroid dienone is 1. The van der Waals surface area contributed by atoms with Gasteiger partial charge in [-0.25, -0.2) is 15.0 Å². The summed E-state index contributed by atoms with van der Waals surface area (Å²) >= 11 is 3.72. The first kappa shape index (κ1) is 30.8. The number of nitrogens with zero attached hydrogens (tertiary/aromatic N) is 4. The molecule has 4 aromatic heterocycles. The molecule has 0 N–H and O–H groups in total. The van der Waals surface area contributed by atoms with Crippen LogP contribution < -0.4 is 0 Å². The SMILES string of the molecule is C=CCCc1c(C)sc2ccc3sc4c(-c5nc(-c6ccccc6)nc(-c6ccccc6)n5)cc(-n5c6ccccc6c6ccccc65)cc4c3c12. The highest BCUT2D eigenvalue weighted by atomic mass is 32.1. The summed E-state index contributed by atoms with van der Waals surface area (Å²) in [6.45, 7) is 6.31. The van der Waals surface area contributed by atoms with E-state index in [0.29, 0.717) is 17.5 Å². The van der Waals surface area contributed by atoms with Crippen molar-refractivity contribution in [1.29, 1.82) is 0 Å². The zero-order chi connectivity index (χ0) is 34.8. The Morgan fingerprint density at radius 3 is 1.77 bits per heavy atom. The van der Waals surface area contributed by atoms with Gasteiger partial charge in [-0.1, -0.05) is 103 Å². The topological polar surface area (TPSA) is 43.6 Å². The van der Waals surface area contributed by atoms with Gasteiger partial charge in [0.25, 0.3) is 0 Å². The molecular weight excluding hydrogens is 673 g/mol. The van der Waals surface area contributed by atoms with Crippen LogP contribution in [0, 0.1) is 6.92 Å². The largest absolute Gasteiger partial charge is 0.309 e. The van der Waals surface area contributed by atoms with Crippen molar-refractivity contribution in [2.75, 3.05) is 0 Å². The van der Waals surface area contributed by atoms with Crippen molar-refractivity contribution in [3.63, 3.8) is 0 Å². The fourth-order valence-electron chi connectivity index (χ4n) is 7.70. The maximum atomic E-state index is 5.26. The normalized spacial score (nSPS) is 11.8. The van der Waals surface area contributed by atoms with E-state index >= 15 is 0 Å². The Kier molecular flexibility index (Phi) is 7.34. The van der Waals surface area contributed by atoms with Crippen molar-refractivity contribution in [3.8, 4) is 39.9 Å². The Morgan fingerprint density at radius 2 is 1.15 bits per heavy atom. The van der Waals surface area contributed by atoms with Crippen molar-refractivity contribution in [3.05, 3.63) is 157 Å². The zero-order valence-corrected chi connectivity index (χ0v) is 30.1. The molecule has 0 radical (unpaired) electrons. The molecule has 248 valence electrons. The standard InChI is InChI=1S/C46H32N4S2/c1-3-4-19-32-28(2)51-39-24-25-40-42(41(32)39)35-26-31(50-37-22-13-11-20-33(37)34-21-12-14-23-38(34)50)27-36(43(35)52-40)46-48-44(29-15-7-5-8-16-29)47-45(49-46)30-17-9-6-10-18-30/h3,5-18,20-27H,1,4,19H2,2H3. The minimum absolute atomic E-state index is 0.656. The first-order chi connectivity index (χ1) is 25.7. The smallest absolute Gasteiger partial charge is 0.165 e. The van der Waals surface area contributed by atoms with Crippen LogP contribution in [0.4, 0.5) is 0 Å². The fraction of sp³-hybridized carbons (Fsp3) is 0.0652. The number of fused-ring (bicyclic) bond motifs is 8. The van der Waals surface area contributed by atoms with Gasteiger partial charge in [-0.2, -0.15) is 0 Å². The quantitative estimate of drug-likeness (QED) is 0.155. The number of benzene rings is 6. The summed E-state index contributed by atoms with van der Waals surface area (Å²) in [7, 11) is 0. The van der Waals surface area contributed by atoms with Crippen LogP contribution in [-0.4, -0.2) is 19.5 Å². The van der Waals surface area contributed by atoms with E-state index in [9.17, 15) is 0 Å². The summed E-state index contributed by atoms with van der Waals surface area (Å²) < 4.78 is 6.17. The second-order valence-corrected chi connectivity index (χ2v) is 15.5. The Morgan fingerprint density at radius 1 is 0.596 bits per heavy atom. The van der Waals surface area contributed by atoms with Gasteiger partial charge in [-0.3, -0.25) is 0 Å². The molecule has 6 heteroatoms. The predicted molar refractivity (Wildman–Crippen MR) is 222 cm³/mol. The van der Waals surface area contributed by atoms with Gasteiger partial charge >= 0.3 is 0 Å². The maximum absolute atomic E-state index is 5.26. The lowest BCUT2D eigenvalue weighted by molar-refractivity contribution is 1.01. The number of rotatable bonds is 7. The third kappa shape index (κ3) is 4.90. The molecule has 0 spiro atoms. The second kappa shape index (κ2) is 12.4. The molecular formula is C46H32N4S2. The van der Waals surface area contributed by atoms with E-state index in [1.807, 2.05) is 65.1 Å². The number of thiophene rings is 2. The third-order valence-corrected chi connectivity index (χ3v) is 12.4. The summed E-state index contributed by atoms with van der Waals surface area (Å²) in [5.41, 5.74) is 7.75. The highest BCUT2D eigenvalue weighted by Crippen LogP contribution is 2.47. The molecule has 0 amide bonds. The molecule has 4 heterocycles. The third-order valence-electron chi connectivity index (χ3n) is 10.1. The van der Waals surface area contributed by atoms with Gasteiger partial charge in [0, 0.05) is 68.3 Å². The Hall–Kier alpha value is -5.95. The van der Waals surface area contributed by atoms with E-state index in [0.717, 1.165) is 35.2 Å². The molecule has 0 unspecified atom stereocenters. The fourth-order valence-corrected chi connectivity index (χ4v) is 10.0. The molecule has 10 aromatic rings. The highest BCUT2D eigenvalue weighted by molar-refractivity contribution is 7.27. The molecule has 0 saturated carbocycles. The van der Waals surface area contributed by atoms with Crippen LogP contribution in [0.3, 0.4) is 0 Å². The number of para-hydroxylation sites is 2. The number of hydrogen-bond acceptors (Lipinski definition) is 5. The van der Waals surface area contributed by atoms with E-state index in [-0.39, 0.29) is 0 Å². The maximum Gasteiger partial charge on any atom is 0.165 e. The van der Waals surface area contributed by atoms with Crippen molar-refractivity contribution in [2.45, 2.75) is 19.8 Å². The molecule has 0 fully saturated rings. The molecule has 0 saturated heterocycles. The molecule has 52 heavy (non-hydrogen) atoms. The Bertz CT molecular complexity index is 2880. The minimum atomic E-state index is 0.656. The number of hydrogen-bond donors (Lipinski definition) is 0.